The summed E-state index contributed by atoms with van der Waals surface area (Å²) < 4.78 is 0. The van der Waals surface area contributed by atoms with Gasteiger partial charge in [0.15, 0.2) is 0 Å². The minimum absolute atomic E-state index is 0.141. The van der Waals surface area contributed by atoms with Gasteiger partial charge in [-0.3, -0.25) is 0 Å². The highest BCUT2D eigenvalue weighted by Crippen LogP contribution is 2.06. The van der Waals surface area contributed by atoms with Crippen molar-refractivity contribution in [1.82, 2.24) is 10.2 Å². The summed E-state index contributed by atoms with van der Waals surface area (Å²) in [5.74, 6) is 0.141. The van der Waals surface area contributed by atoms with E-state index in [4.69, 9.17) is 5.26 Å². The molecule has 1 aliphatic heterocycles. The highest BCUT2D eigenvalue weighted by molar-refractivity contribution is 4.80. The van der Waals surface area contributed by atoms with Crippen molar-refractivity contribution in [3.05, 3.63) is 0 Å². The molecular formula is C11H21N3. The molecule has 0 aromatic heterocycles. The van der Waals surface area contributed by atoms with Gasteiger partial charge in [-0.1, -0.05) is 0 Å². The highest BCUT2D eigenvalue weighted by Gasteiger charge is 2.09. The molecule has 0 aliphatic carbocycles. The molecule has 1 saturated heterocycles. The van der Waals surface area contributed by atoms with E-state index in [9.17, 15) is 0 Å². The van der Waals surface area contributed by atoms with Crippen LogP contribution < -0.4 is 5.32 Å². The molecule has 1 N–H and O–H groups in total. The summed E-state index contributed by atoms with van der Waals surface area (Å²) in [6.07, 6.45) is 3.95. The fourth-order valence-electron chi connectivity index (χ4n) is 1.80. The third-order valence-corrected chi connectivity index (χ3v) is 2.70. The van der Waals surface area contributed by atoms with Gasteiger partial charge in [0.25, 0.3) is 0 Å². The van der Waals surface area contributed by atoms with Gasteiger partial charge in [0.05, 0.1) is 12.0 Å². The highest BCUT2D eigenvalue weighted by atomic mass is 15.1. The number of nitrogens with zero attached hydrogens (tertiary/aromatic N) is 2. The van der Waals surface area contributed by atoms with Crippen LogP contribution in [0.1, 0.15) is 26.2 Å². The van der Waals surface area contributed by atoms with Crippen molar-refractivity contribution in [3.63, 3.8) is 0 Å². The maximum absolute atomic E-state index is 8.57. The van der Waals surface area contributed by atoms with E-state index in [1.165, 1.54) is 38.9 Å². The molecule has 3 heteroatoms. The normalized spacial score (nSPS) is 19.4. The molecule has 80 valence electrons. The standard InChI is InChI=1S/C11H21N3/c1-11(9-12)10-13-5-4-8-14-6-2-3-7-14/h11,13H,2-8,10H2,1H3. The largest absolute Gasteiger partial charge is 0.315 e. The van der Waals surface area contributed by atoms with Gasteiger partial charge in [-0.05, 0) is 52.4 Å². The van der Waals surface area contributed by atoms with Crippen LogP contribution in [0, 0.1) is 17.2 Å². The van der Waals surface area contributed by atoms with Gasteiger partial charge in [0, 0.05) is 6.54 Å². The van der Waals surface area contributed by atoms with E-state index in [-0.39, 0.29) is 5.92 Å². The van der Waals surface area contributed by atoms with Gasteiger partial charge in [-0.15, -0.1) is 0 Å². The van der Waals surface area contributed by atoms with Crippen molar-refractivity contribution in [2.45, 2.75) is 26.2 Å². The van der Waals surface area contributed by atoms with Crippen LogP contribution in [0.25, 0.3) is 0 Å². The van der Waals surface area contributed by atoms with Crippen LogP contribution in [0.3, 0.4) is 0 Å². The Morgan fingerprint density at radius 3 is 2.79 bits per heavy atom. The molecule has 0 bridgehead atoms. The fraction of sp³-hybridized carbons (Fsp3) is 0.909. The van der Waals surface area contributed by atoms with E-state index in [1.54, 1.807) is 0 Å². The molecule has 1 aliphatic rings. The molecule has 3 nitrogen and oxygen atoms in total. The molecule has 1 rings (SSSR count). The number of hydrogen-bond acceptors (Lipinski definition) is 3. The van der Waals surface area contributed by atoms with E-state index < -0.39 is 0 Å². The smallest absolute Gasteiger partial charge is 0.0666 e. The van der Waals surface area contributed by atoms with E-state index in [1.807, 2.05) is 6.92 Å². The van der Waals surface area contributed by atoms with Crippen molar-refractivity contribution < 1.29 is 0 Å². The molecule has 0 aromatic carbocycles. The Bertz CT molecular complexity index is 179. The Balaban J connectivity index is 1.87. The van der Waals surface area contributed by atoms with Crippen molar-refractivity contribution in [3.8, 4) is 6.07 Å². The lowest BCUT2D eigenvalue weighted by atomic mass is 10.2. The Kier molecular flexibility index (Phi) is 5.58. The number of nitriles is 1. The van der Waals surface area contributed by atoms with Gasteiger partial charge in [0.2, 0.25) is 0 Å². The van der Waals surface area contributed by atoms with E-state index in [0.717, 1.165) is 13.1 Å². The Labute approximate surface area is 87.1 Å². The van der Waals surface area contributed by atoms with Crippen LogP contribution in [-0.2, 0) is 0 Å². The maximum Gasteiger partial charge on any atom is 0.0666 e. The summed E-state index contributed by atoms with van der Waals surface area (Å²) in [5, 5.41) is 11.9. The van der Waals surface area contributed by atoms with Gasteiger partial charge in [0.1, 0.15) is 0 Å². The maximum atomic E-state index is 8.57. The molecule has 0 saturated carbocycles. The predicted molar refractivity (Wildman–Crippen MR) is 57.9 cm³/mol. The lowest BCUT2D eigenvalue weighted by Gasteiger charge is -2.14. The lowest BCUT2D eigenvalue weighted by molar-refractivity contribution is 0.330. The van der Waals surface area contributed by atoms with Gasteiger partial charge < -0.3 is 10.2 Å². The van der Waals surface area contributed by atoms with Crippen LogP contribution in [0.15, 0.2) is 0 Å². The third-order valence-electron chi connectivity index (χ3n) is 2.70. The molecule has 1 heterocycles. The Morgan fingerprint density at radius 1 is 1.43 bits per heavy atom. The zero-order chi connectivity index (χ0) is 10.2. The predicted octanol–water partition coefficient (Wildman–Crippen LogP) is 1.22. The number of nitrogens with one attached hydrogen (secondary N) is 1. The summed E-state index contributed by atoms with van der Waals surface area (Å²) in [5.41, 5.74) is 0. The molecule has 0 radical (unpaired) electrons. The van der Waals surface area contributed by atoms with Crippen molar-refractivity contribution >= 4 is 0 Å². The van der Waals surface area contributed by atoms with Crippen LogP contribution in [-0.4, -0.2) is 37.6 Å². The molecule has 1 fully saturated rings. The second-order valence-electron chi connectivity index (χ2n) is 4.14. The lowest BCUT2D eigenvalue weighted by Crippen LogP contribution is -2.26. The summed E-state index contributed by atoms with van der Waals surface area (Å²) in [6.45, 7) is 7.61. The average molecular weight is 195 g/mol. The molecule has 1 unspecified atom stereocenters. The van der Waals surface area contributed by atoms with Crippen LogP contribution in [0.4, 0.5) is 0 Å². The number of hydrogen-bond donors (Lipinski definition) is 1. The van der Waals surface area contributed by atoms with Gasteiger partial charge in [-0.2, -0.15) is 5.26 Å². The molecule has 0 spiro atoms. The Hall–Kier alpha value is -0.590. The second-order valence-corrected chi connectivity index (χ2v) is 4.14. The first-order valence-electron chi connectivity index (χ1n) is 5.65. The summed E-state index contributed by atoms with van der Waals surface area (Å²) in [7, 11) is 0. The van der Waals surface area contributed by atoms with Crippen molar-refractivity contribution in [2.24, 2.45) is 5.92 Å². The zero-order valence-electron chi connectivity index (χ0n) is 9.13. The first kappa shape index (κ1) is 11.5. The summed E-state index contributed by atoms with van der Waals surface area (Å²) >= 11 is 0. The van der Waals surface area contributed by atoms with Crippen LogP contribution in [0.5, 0.6) is 0 Å². The first-order valence-corrected chi connectivity index (χ1v) is 5.65. The molecular weight excluding hydrogens is 174 g/mol. The second kappa shape index (κ2) is 6.80. The number of likely N-dealkylation sites (tertiary alicyclic amines) is 1. The van der Waals surface area contributed by atoms with Crippen molar-refractivity contribution in [1.29, 1.82) is 5.26 Å². The summed E-state index contributed by atoms with van der Waals surface area (Å²) in [6, 6.07) is 2.22. The third kappa shape index (κ3) is 4.59. The monoisotopic (exact) mass is 195 g/mol. The quantitative estimate of drug-likeness (QED) is 0.648. The Morgan fingerprint density at radius 2 is 2.14 bits per heavy atom. The van der Waals surface area contributed by atoms with Crippen LogP contribution >= 0.6 is 0 Å². The van der Waals surface area contributed by atoms with E-state index in [0.29, 0.717) is 0 Å². The summed E-state index contributed by atoms with van der Waals surface area (Å²) in [4.78, 5) is 2.52. The molecule has 14 heavy (non-hydrogen) atoms. The fourth-order valence-corrected chi connectivity index (χ4v) is 1.80. The van der Waals surface area contributed by atoms with E-state index in [2.05, 4.69) is 16.3 Å². The SMILES string of the molecule is CC(C#N)CNCCCN1CCCC1. The molecule has 0 aromatic rings. The topological polar surface area (TPSA) is 39.1 Å². The molecule has 0 amide bonds. The van der Waals surface area contributed by atoms with E-state index >= 15 is 0 Å². The minimum Gasteiger partial charge on any atom is -0.315 e. The zero-order valence-corrected chi connectivity index (χ0v) is 9.13. The van der Waals surface area contributed by atoms with Crippen LogP contribution in [0.2, 0.25) is 0 Å². The minimum atomic E-state index is 0.141. The average Bonchev–Trinajstić information content (AvgIpc) is 2.69. The number of rotatable bonds is 6. The van der Waals surface area contributed by atoms with Gasteiger partial charge in [-0.25, -0.2) is 0 Å². The first-order chi connectivity index (χ1) is 6.83. The van der Waals surface area contributed by atoms with Crippen molar-refractivity contribution in [2.75, 3.05) is 32.7 Å². The van der Waals surface area contributed by atoms with Gasteiger partial charge >= 0.3 is 0 Å². The molecule has 1 atom stereocenters.